The second-order valence-electron chi connectivity index (χ2n) is 26.1. The molecule has 1 amide bonds. The van der Waals surface area contributed by atoms with Crippen LogP contribution in [0.3, 0.4) is 0 Å². The Hall–Kier alpha value is -1.91. The summed E-state index contributed by atoms with van der Waals surface area (Å²) in [4.78, 5) is 12.6. The molecule has 0 radical (unpaired) electrons. The lowest BCUT2D eigenvalue weighted by Gasteiger charge is -2.22. The number of unbranched alkanes of at least 4 members (excludes halogenated alkanes) is 54. The van der Waals surface area contributed by atoms with Crippen molar-refractivity contribution in [2.24, 2.45) is 0 Å². The van der Waals surface area contributed by atoms with Gasteiger partial charge in [-0.25, -0.2) is 0 Å². The van der Waals surface area contributed by atoms with Gasteiger partial charge in [0.15, 0.2) is 0 Å². The highest BCUT2D eigenvalue weighted by atomic mass is 16.3. The lowest BCUT2D eigenvalue weighted by atomic mass is 10.0. The number of hydrogen-bond donors (Lipinski definition) is 3. The molecular formula is C79H149NO3. The fourth-order valence-corrected chi connectivity index (χ4v) is 12.1. The Morgan fingerprint density at radius 1 is 0.301 bits per heavy atom. The third-order valence-electron chi connectivity index (χ3n) is 17.8. The number of nitrogens with one attached hydrogen (secondary N) is 1. The first-order chi connectivity index (χ1) is 41.2. The Balaban J connectivity index is 3.38. The van der Waals surface area contributed by atoms with Crippen LogP contribution in [0.25, 0.3) is 0 Å². The van der Waals surface area contributed by atoms with Gasteiger partial charge in [-0.15, -0.1) is 0 Å². The summed E-state index contributed by atoms with van der Waals surface area (Å²) in [6, 6.07) is -0.538. The number of allylic oxidation sites excluding steroid dienone is 10. The summed E-state index contributed by atoms with van der Waals surface area (Å²) in [5.74, 6) is -0.0226. The van der Waals surface area contributed by atoms with Gasteiger partial charge in [-0.2, -0.15) is 0 Å². The molecule has 0 bridgehead atoms. The van der Waals surface area contributed by atoms with E-state index in [1.165, 1.54) is 334 Å². The van der Waals surface area contributed by atoms with E-state index in [0.717, 1.165) is 57.8 Å². The Morgan fingerprint density at radius 2 is 0.530 bits per heavy atom. The predicted octanol–water partition coefficient (Wildman–Crippen LogP) is 26.2. The number of hydrogen-bond acceptors (Lipinski definition) is 3. The third-order valence-corrected chi connectivity index (χ3v) is 17.8. The predicted molar refractivity (Wildman–Crippen MR) is 373 cm³/mol. The molecule has 0 aromatic heterocycles. The summed E-state index contributed by atoms with van der Waals surface area (Å²) in [6.07, 6.45) is 106. The standard InChI is InChI=1S/C79H149NO3/c1-3-5-7-9-11-13-15-17-19-21-23-25-27-29-31-33-35-37-38-39-40-41-42-43-45-47-49-51-53-55-57-59-61-63-65-67-69-71-73-75-79(83)80-77(76-81)78(82)74-72-70-68-66-64-62-60-58-56-54-52-50-48-46-44-36-34-32-30-28-26-24-22-20-18-16-14-12-10-8-6-4-2/h5,7,11,13,17,19,23,25,29,31,77-78,81-82H,3-4,6,8-10,12,14-16,18,20-22,24,26-28,30,32-76H2,1-2H3,(H,80,83)/b7-5-,13-11-,19-17-,25-23-,31-29-. The molecule has 0 aromatic carbocycles. The fraction of sp³-hybridized carbons (Fsp3) is 0.861. The second-order valence-corrected chi connectivity index (χ2v) is 26.1. The van der Waals surface area contributed by atoms with Crippen LogP contribution >= 0.6 is 0 Å². The lowest BCUT2D eigenvalue weighted by molar-refractivity contribution is -0.123. The minimum absolute atomic E-state index is 0.0226. The van der Waals surface area contributed by atoms with Gasteiger partial charge in [0.2, 0.25) is 5.91 Å². The van der Waals surface area contributed by atoms with Crippen LogP contribution in [0.4, 0.5) is 0 Å². The molecule has 0 heterocycles. The van der Waals surface area contributed by atoms with Gasteiger partial charge < -0.3 is 15.5 Å². The number of carbonyl (C=O) groups is 1. The normalized spacial score (nSPS) is 13.0. The molecule has 3 N–H and O–H groups in total. The Kier molecular flexibility index (Phi) is 72.6. The first kappa shape index (κ1) is 81.1. The van der Waals surface area contributed by atoms with Crippen molar-refractivity contribution in [2.75, 3.05) is 6.61 Å². The smallest absolute Gasteiger partial charge is 0.220 e. The quantitative estimate of drug-likeness (QED) is 0.0420. The van der Waals surface area contributed by atoms with Gasteiger partial charge in [0.25, 0.3) is 0 Å². The summed E-state index contributed by atoms with van der Waals surface area (Å²) in [5, 5.41) is 23.5. The summed E-state index contributed by atoms with van der Waals surface area (Å²) >= 11 is 0. The zero-order chi connectivity index (χ0) is 59.8. The fourth-order valence-electron chi connectivity index (χ4n) is 12.1. The van der Waals surface area contributed by atoms with Gasteiger partial charge in [-0.05, 0) is 57.8 Å². The zero-order valence-corrected chi connectivity index (χ0v) is 56.5. The van der Waals surface area contributed by atoms with Gasteiger partial charge in [0.1, 0.15) is 0 Å². The molecule has 2 unspecified atom stereocenters. The monoisotopic (exact) mass is 1160 g/mol. The SMILES string of the molecule is CC/C=C\C/C=C\C/C=C\C/C=C\C/C=C\CCCCCCCCCCCCCCCCCCCCCCCCCC(=O)NC(CO)C(O)CCCCCCCCCCCCCCCCCCCCCCCCCCCCCCCCCC. The van der Waals surface area contributed by atoms with Crippen molar-refractivity contribution in [3.05, 3.63) is 60.8 Å². The van der Waals surface area contributed by atoms with Gasteiger partial charge in [0, 0.05) is 6.42 Å². The molecule has 0 fully saturated rings. The van der Waals surface area contributed by atoms with Crippen molar-refractivity contribution in [3.8, 4) is 0 Å². The molecule has 4 nitrogen and oxygen atoms in total. The molecule has 0 saturated carbocycles. The van der Waals surface area contributed by atoms with Gasteiger partial charge in [0.05, 0.1) is 18.8 Å². The number of aliphatic hydroxyl groups excluding tert-OH is 2. The summed E-state index contributed by atoms with van der Waals surface area (Å²) in [7, 11) is 0. The van der Waals surface area contributed by atoms with Crippen molar-refractivity contribution in [2.45, 2.75) is 431 Å². The summed E-state index contributed by atoms with van der Waals surface area (Å²) < 4.78 is 0. The molecule has 4 heteroatoms. The zero-order valence-electron chi connectivity index (χ0n) is 56.5. The third kappa shape index (κ3) is 70.7. The molecule has 0 aromatic rings. The van der Waals surface area contributed by atoms with Crippen molar-refractivity contribution in [1.29, 1.82) is 0 Å². The van der Waals surface area contributed by atoms with E-state index in [1.807, 2.05) is 0 Å². The molecule has 0 aliphatic rings. The van der Waals surface area contributed by atoms with Crippen molar-refractivity contribution < 1.29 is 15.0 Å². The Bertz CT molecular complexity index is 1360. The molecule has 0 rings (SSSR count). The summed E-state index contributed by atoms with van der Waals surface area (Å²) in [5.41, 5.74) is 0. The average Bonchev–Trinajstić information content (AvgIpc) is 3.51. The van der Waals surface area contributed by atoms with E-state index in [-0.39, 0.29) is 12.5 Å². The largest absolute Gasteiger partial charge is 0.394 e. The van der Waals surface area contributed by atoms with Crippen molar-refractivity contribution in [3.63, 3.8) is 0 Å². The average molecular weight is 1160 g/mol. The molecule has 0 aliphatic heterocycles. The van der Waals surface area contributed by atoms with Crippen LogP contribution < -0.4 is 5.32 Å². The topological polar surface area (TPSA) is 69.6 Å². The minimum atomic E-state index is -0.661. The minimum Gasteiger partial charge on any atom is -0.394 e. The molecule has 2 atom stereocenters. The maximum Gasteiger partial charge on any atom is 0.220 e. The van der Waals surface area contributed by atoms with E-state index < -0.39 is 12.1 Å². The number of amides is 1. The van der Waals surface area contributed by atoms with E-state index in [9.17, 15) is 15.0 Å². The Labute approximate surface area is 521 Å². The number of carbonyl (C=O) groups excluding carboxylic acids is 1. The van der Waals surface area contributed by atoms with Crippen LogP contribution in [0.5, 0.6) is 0 Å². The van der Waals surface area contributed by atoms with Crippen LogP contribution in [0, 0.1) is 0 Å². The van der Waals surface area contributed by atoms with Crippen LogP contribution in [0.1, 0.15) is 418 Å². The molecule has 0 saturated heterocycles. The maximum atomic E-state index is 12.6. The Morgan fingerprint density at radius 3 is 0.795 bits per heavy atom. The number of rotatable bonds is 71. The number of aliphatic hydroxyl groups is 2. The van der Waals surface area contributed by atoms with E-state index in [4.69, 9.17) is 0 Å². The van der Waals surface area contributed by atoms with Crippen LogP contribution in [0.2, 0.25) is 0 Å². The molecular weight excluding hydrogens is 1010 g/mol. The van der Waals surface area contributed by atoms with Gasteiger partial charge >= 0.3 is 0 Å². The van der Waals surface area contributed by atoms with Gasteiger partial charge in [-0.1, -0.05) is 415 Å². The second kappa shape index (κ2) is 74.3. The van der Waals surface area contributed by atoms with Crippen molar-refractivity contribution in [1.82, 2.24) is 5.32 Å². The van der Waals surface area contributed by atoms with Crippen LogP contribution in [-0.2, 0) is 4.79 Å². The first-order valence-corrected chi connectivity index (χ1v) is 38.0. The van der Waals surface area contributed by atoms with E-state index >= 15 is 0 Å². The van der Waals surface area contributed by atoms with E-state index in [2.05, 4.69) is 79.9 Å². The molecule has 83 heavy (non-hydrogen) atoms. The molecule has 0 spiro atoms. The van der Waals surface area contributed by atoms with Crippen LogP contribution in [-0.4, -0.2) is 34.9 Å². The lowest BCUT2D eigenvalue weighted by Crippen LogP contribution is -2.45. The van der Waals surface area contributed by atoms with E-state index in [1.54, 1.807) is 0 Å². The highest BCUT2D eigenvalue weighted by Gasteiger charge is 2.20. The van der Waals surface area contributed by atoms with Crippen LogP contribution in [0.15, 0.2) is 60.8 Å². The molecule has 0 aliphatic carbocycles. The highest BCUT2D eigenvalue weighted by molar-refractivity contribution is 5.76. The van der Waals surface area contributed by atoms with E-state index in [0.29, 0.717) is 12.8 Å². The maximum absolute atomic E-state index is 12.6. The molecule has 488 valence electrons. The first-order valence-electron chi connectivity index (χ1n) is 38.0. The summed E-state index contributed by atoms with van der Waals surface area (Å²) in [6.45, 7) is 4.29. The van der Waals surface area contributed by atoms with Gasteiger partial charge in [-0.3, -0.25) is 4.79 Å². The highest BCUT2D eigenvalue weighted by Crippen LogP contribution is 2.20. The van der Waals surface area contributed by atoms with Crippen molar-refractivity contribution >= 4 is 5.91 Å².